The number of thiophene rings is 1. The first-order chi connectivity index (χ1) is 15.1. The molecule has 1 aromatic carbocycles. The van der Waals surface area contributed by atoms with Gasteiger partial charge in [0.15, 0.2) is 0 Å². The highest BCUT2D eigenvalue weighted by molar-refractivity contribution is 7.11. The van der Waals surface area contributed by atoms with E-state index in [9.17, 15) is 4.79 Å². The van der Waals surface area contributed by atoms with Crippen molar-refractivity contribution in [1.82, 2.24) is 15.3 Å². The molecule has 1 fully saturated rings. The van der Waals surface area contributed by atoms with E-state index in [1.165, 1.54) is 4.88 Å². The number of anilines is 1. The van der Waals surface area contributed by atoms with Crippen molar-refractivity contribution in [2.45, 2.75) is 46.6 Å². The highest BCUT2D eigenvalue weighted by Gasteiger charge is 2.27. The Morgan fingerprint density at radius 1 is 1.23 bits per heavy atom. The van der Waals surface area contributed by atoms with E-state index in [0.717, 1.165) is 66.2 Å². The van der Waals surface area contributed by atoms with E-state index in [1.807, 2.05) is 31.2 Å². The van der Waals surface area contributed by atoms with Crippen molar-refractivity contribution in [3.05, 3.63) is 45.9 Å². The predicted octanol–water partition coefficient (Wildman–Crippen LogP) is 4.49. The maximum absolute atomic E-state index is 12.8. The number of amides is 1. The molecule has 1 amide bonds. The maximum atomic E-state index is 12.8. The van der Waals surface area contributed by atoms with Crippen LogP contribution in [0.15, 0.2) is 29.6 Å². The summed E-state index contributed by atoms with van der Waals surface area (Å²) < 4.78 is 5.67. The first-order valence-electron chi connectivity index (χ1n) is 11.1. The van der Waals surface area contributed by atoms with E-state index in [4.69, 9.17) is 9.72 Å². The third-order valence-electron chi connectivity index (χ3n) is 5.87. The number of piperidine rings is 1. The average Bonchev–Trinajstić information content (AvgIpc) is 3.18. The number of fused-ring (bicyclic) bond motifs is 1. The van der Waals surface area contributed by atoms with Crippen LogP contribution in [-0.4, -0.2) is 35.6 Å². The minimum absolute atomic E-state index is 0.0297. The smallest absolute Gasteiger partial charge is 0.223 e. The van der Waals surface area contributed by atoms with Crippen LogP contribution in [0.4, 0.5) is 5.82 Å². The quantitative estimate of drug-likeness (QED) is 0.589. The van der Waals surface area contributed by atoms with Crippen molar-refractivity contribution < 1.29 is 9.53 Å². The van der Waals surface area contributed by atoms with Gasteiger partial charge in [-0.05, 0) is 32.8 Å². The zero-order valence-corrected chi connectivity index (χ0v) is 19.3. The highest BCUT2D eigenvalue weighted by Crippen LogP contribution is 2.33. The number of nitrogens with zero attached hydrogens (tertiary/aromatic N) is 3. The van der Waals surface area contributed by atoms with E-state index in [0.29, 0.717) is 13.2 Å². The van der Waals surface area contributed by atoms with E-state index in [1.54, 1.807) is 11.3 Å². The minimum atomic E-state index is 0.0297. The third-order valence-corrected chi connectivity index (χ3v) is 6.77. The van der Waals surface area contributed by atoms with E-state index < -0.39 is 0 Å². The fourth-order valence-electron chi connectivity index (χ4n) is 4.15. The van der Waals surface area contributed by atoms with Crippen molar-refractivity contribution in [1.29, 1.82) is 0 Å². The van der Waals surface area contributed by atoms with Gasteiger partial charge in [-0.3, -0.25) is 4.79 Å². The largest absolute Gasteiger partial charge is 0.494 e. The Balaban J connectivity index is 1.40. The number of hydrogen-bond acceptors (Lipinski definition) is 6. The topological polar surface area (TPSA) is 67.3 Å². The standard InChI is InChI=1S/C24H30N4O2S/c1-4-21-26-19-15-31-16(3)22(19)23(27-21)28-12-10-17(11-13-28)24(29)25-14-18-8-6-7-9-20(18)30-5-2/h6-9,15,17H,4-5,10-14H2,1-3H3,(H,25,29). The Morgan fingerprint density at radius 2 is 2.00 bits per heavy atom. The zero-order chi connectivity index (χ0) is 21.8. The summed E-state index contributed by atoms with van der Waals surface area (Å²) in [6.07, 6.45) is 2.48. The molecule has 1 N–H and O–H groups in total. The van der Waals surface area contributed by atoms with Crippen molar-refractivity contribution >= 4 is 34.0 Å². The summed E-state index contributed by atoms with van der Waals surface area (Å²) in [6.45, 7) is 8.96. The maximum Gasteiger partial charge on any atom is 0.223 e. The van der Waals surface area contributed by atoms with Gasteiger partial charge < -0.3 is 15.0 Å². The lowest BCUT2D eigenvalue weighted by Gasteiger charge is -2.32. The van der Waals surface area contributed by atoms with Gasteiger partial charge in [0.2, 0.25) is 5.91 Å². The van der Waals surface area contributed by atoms with Crippen LogP contribution >= 0.6 is 11.3 Å². The molecule has 0 radical (unpaired) electrons. The first-order valence-corrected chi connectivity index (χ1v) is 12.0. The Hall–Kier alpha value is -2.67. The molecule has 4 rings (SSSR count). The average molecular weight is 439 g/mol. The molecule has 0 atom stereocenters. The summed E-state index contributed by atoms with van der Waals surface area (Å²) in [5.74, 6) is 2.91. The Kier molecular flexibility index (Phi) is 6.70. The molecule has 3 heterocycles. The molecule has 6 nitrogen and oxygen atoms in total. The number of benzene rings is 1. The highest BCUT2D eigenvalue weighted by atomic mass is 32.1. The Morgan fingerprint density at radius 3 is 2.74 bits per heavy atom. The lowest BCUT2D eigenvalue weighted by Crippen LogP contribution is -2.41. The summed E-state index contributed by atoms with van der Waals surface area (Å²) in [4.78, 5) is 25.9. The van der Waals surface area contributed by atoms with Crippen LogP contribution in [0.1, 0.15) is 43.0 Å². The lowest BCUT2D eigenvalue weighted by molar-refractivity contribution is -0.125. The number of aromatic nitrogens is 2. The molecule has 2 aromatic heterocycles. The summed E-state index contributed by atoms with van der Waals surface area (Å²) in [7, 11) is 0. The van der Waals surface area contributed by atoms with Crippen LogP contribution in [0.2, 0.25) is 0 Å². The number of para-hydroxylation sites is 1. The first kappa shape index (κ1) is 21.6. The molecule has 0 aliphatic carbocycles. The van der Waals surface area contributed by atoms with Gasteiger partial charge in [0.25, 0.3) is 0 Å². The number of hydrogen-bond donors (Lipinski definition) is 1. The molecule has 7 heteroatoms. The number of carbonyl (C=O) groups excluding carboxylic acids is 1. The van der Waals surface area contributed by atoms with Crippen molar-refractivity contribution in [2.75, 3.05) is 24.6 Å². The Bertz CT molecular complexity index is 1060. The Labute approximate surface area is 187 Å². The van der Waals surface area contributed by atoms with Gasteiger partial charge >= 0.3 is 0 Å². The monoisotopic (exact) mass is 438 g/mol. The lowest BCUT2D eigenvalue weighted by atomic mass is 9.95. The third kappa shape index (κ3) is 4.66. The van der Waals surface area contributed by atoms with Crippen LogP contribution in [0.25, 0.3) is 10.9 Å². The number of carbonyl (C=O) groups is 1. The predicted molar refractivity (Wildman–Crippen MR) is 126 cm³/mol. The normalized spacial score (nSPS) is 14.7. The van der Waals surface area contributed by atoms with Crippen LogP contribution in [-0.2, 0) is 17.8 Å². The molecule has 0 unspecified atom stereocenters. The summed E-state index contributed by atoms with van der Waals surface area (Å²) in [5.41, 5.74) is 2.05. The SMILES string of the molecule is CCOc1ccccc1CNC(=O)C1CCN(c2nc(CC)nc3csc(C)c23)CC1. The van der Waals surface area contributed by atoms with Crippen molar-refractivity contribution in [2.24, 2.45) is 5.92 Å². The molecule has 3 aromatic rings. The second-order valence-electron chi connectivity index (χ2n) is 7.89. The molecule has 1 aliphatic heterocycles. The fourth-order valence-corrected chi connectivity index (χ4v) is 4.92. The van der Waals surface area contributed by atoms with Crippen LogP contribution in [0.5, 0.6) is 5.75 Å². The van der Waals surface area contributed by atoms with Crippen molar-refractivity contribution in [3.8, 4) is 5.75 Å². The molecule has 0 bridgehead atoms. The van der Waals surface area contributed by atoms with Gasteiger partial charge in [-0.25, -0.2) is 9.97 Å². The fraction of sp³-hybridized carbons (Fsp3) is 0.458. The second kappa shape index (κ2) is 9.64. The summed E-state index contributed by atoms with van der Waals surface area (Å²) in [5, 5.41) is 6.40. The number of aryl methyl sites for hydroxylation is 2. The van der Waals surface area contributed by atoms with Crippen LogP contribution in [0.3, 0.4) is 0 Å². The van der Waals surface area contributed by atoms with Gasteiger partial charge in [-0.15, -0.1) is 11.3 Å². The van der Waals surface area contributed by atoms with Gasteiger partial charge in [0.05, 0.1) is 17.5 Å². The summed E-state index contributed by atoms with van der Waals surface area (Å²) in [6, 6.07) is 7.88. The number of rotatable bonds is 7. The molecule has 31 heavy (non-hydrogen) atoms. The van der Waals surface area contributed by atoms with Gasteiger partial charge in [-0.2, -0.15) is 0 Å². The molecule has 164 valence electrons. The van der Waals surface area contributed by atoms with Crippen LogP contribution in [0, 0.1) is 12.8 Å². The second-order valence-corrected chi connectivity index (χ2v) is 8.97. The van der Waals surface area contributed by atoms with Gasteiger partial charge in [0, 0.05) is 47.8 Å². The molecular weight excluding hydrogens is 408 g/mol. The molecule has 0 saturated carbocycles. The summed E-state index contributed by atoms with van der Waals surface area (Å²) >= 11 is 1.73. The number of nitrogens with one attached hydrogen (secondary N) is 1. The molecule has 1 aliphatic rings. The van der Waals surface area contributed by atoms with Crippen LogP contribution < -0.4 is 15.0 Å². The van der Waals surface area contributed by atoms with Crippen molar-refractivity contribution in [3.63, 3.8) is 0 Å². The number of ether oxygens (including phenoxy) is 1. The van der Waals surface area contributed by atoms with E-state index in [2.05, 4.69) is 34.4 Å². The molecule has 1 saturated heterocycles. The van der Waals surface area contributed by atoms with Gasteiger partial charge in [0.1, 0.15) is 17.4 Å². The van der Waals surface area contributed by atoms with E-state index in [-0.39, 0.29) is 11.8 Å². The molecule has 0 spiro atoms. The van der Waals surface area contributed by atoms with Gasteiger partial charge in [-0.1, -0.05) is 25.1 Å². The molecular formula is C24H30N4O2S. The van der Waals surface area contributed by atoms with E-state index >= 15 is 0 Å². The zero-order valence-electron chi connectivity index (χ0n) is 18.5. The minimum Gasteiger partial charge on any atom is -0.494 e.